The molecule has 3 nitrogen and oxygen atoms in total. The van der Waals surface area contributed by atoms with Gasteiger partial charge in [-0.3, -0.25) is 4.79 Å². The van der Waals surface area contributed by atoms with Gasteiger partial charge in [0.1, 0.15) is 6.54 Å². The molecule has 0 bridgehead atoms. The van der Waals surface area contributed by atoms with Crippen LogP contribution in [0.5, 0.6) is 0 Å². The first kappa shape index (κ1) is 27.4. The van der Waals surface area contributed by atoms with E-state index in [0.29, 0.717) is 0 Å². The highest BCUT2D eigenvalue weighted by Gasteiger charge is 2.10. The standard InChI is InChI=1S/C27H39N2O.HI/c1-6-8-19-28(20-9-7-2)26-16-13-23(14-17-26)15-18-27(30)25-12-10-11-24(21-25)22-29(3,4)5;/h10-18,21H,6-9,19-20,22H2,1-5H3;1H/q+1;/p-1/b18-15+;. The maximum Gasteiger partial charge on any atom is 0.185 e. The van der Waals surface area contributed by atoms with Gasteiger partial charge in [0, 0.05) is 29.9 Å². The first-order valence-corrected chi connectivity index (χ1v) is 11.3. The molecule has 2 aromatic rings. The third-order valence-electron chi connectivity index (χ3n) is 5.12. The molecule has 170 valence electrons. The van der Waals surface area contributed by atoms with Crippen LogP contribution in [0, 0.1) is 0 Å². The zero-order valence-corrected chi connectivity index (χ0v) is 22.1. The number of unbranched alkanes of at least 4 members (excludes halogenated alkanes) is 2. The molecule has 0 spiro atoms. The van der Waals surface area contributed by atoms with Crippen molar-refractivity contribution in [1.29, 1.82) is 0 Å². The largest absolute Gasteiger partial charge is 1.00 e. The Morgan fingerprint density at radius 3 is 2.10 bits per heavy atom. The lowest BCUT2D eigenvalue weighted by Gasteiger charge is -2.24. The van der Waals surface area contributed by atoms with Crippen molar-refractivity contribution in [2.75, 3.05) is 39.1 Å². The Hall–Kier alpha value is -1.66. The lowest BCUT2D eigenvalue weighted by molar-refractivity contribution is -0.884. The van der Waals surface area contributed by atoms with Gasteiger partial charge in [0.25, 0.3) is 0 Å². The van der Waals surface area contributed by atoms with Crippen molar-refractivity contribution >= 4 is 17.5 Å². The van der Waals surface area contributed by atoms with Crippen molar-refractivity contribution in [2.24, 2.45) is 0 Å². The van der Waals surface area contributed by atoms with E-state index in [1.54, 1.807) is 6.08 Å². The molecular formula is C27H39IN2O. The summed E-state index contributed by atoms with van der Waals surface area (Å²) in [4.78, 5) is 15.1. The number of benzene rings is 2. The summed E-state index contributed by atoms with van der Waals surface area (Å²) in [5.74, 6) is 0.0508. The van der Waals surface area contributed by atoms with Gasteiger partial charge in [0.2, 0.25) is 0 Å². The Morgan fingerprint density at radius 1 is 0.935 bits per heavy atom. The van der Waals surface area contributed by atoms with Gasteiger partial charge in [-0.15, -0.1) is 0 Å². The zero-order valence-electron chi connectivity index (χ0n) is 19.9. The number of quaternary nitrogens is 1. The van der Waals surface area contributed by atoms with Crippen molar-refractivity contribution in [2.45, 2.75) is 46.1 Å². The normalized spacial score (nSPS) is 11.4. The molecule has 0 saturated carbocycles. The molecule has 0 saturated heterocycles. The molecule has 0 amide bonds. The molecule has 0 radical (unpaired) electrons. The zero-order chi connectivity index (χ0) is 22.0. The summed E-state index contributed by atoms with van der Waals surface area (Å²) in [5, 5.41) is 0. The average molecular weight is 535 g/mol. The number of hydrogen-bond acceptors (Lipinski definition) is 2. The molecule has 4 heteroatoms. The molecule has 0 aromatic heterocycles. The second kappa shape index (κ2) is 13.7. The second-order valence-electron chi connectivity index (χ2n) is 9.13. The van der Waals surface area contributed by atoms with Gasteiger partial charge in [0.15, 0.2) is 5.78 Å². The van der Waals surface area contributed by atoms with Gasteiger partial charge in [-0.1, -0.05) is 63.1 Å². The first-order chi connectivity index (χ1) is 14.3. The first-order valence-electron chi connectivity index (χ1n) is 11.3. The summed E-state index contributed by atoms with van der Waals surface area (Å²) in [5.41, 5.74) is 4.26. The van der Waals surface area contributed by atoms with Crippen molar-refractivity contribution in [1.82, 2.24) is 0 Å². The quantitative estimate of drug-likeness (QED) is 0.181. The van der Waals surface area contributed by atoms with Gasteiger partial charge in [0.05, 0.1) is 21.1 Å². The SMILES string of the molecule is CCCCN(CCCC)c1ccc(/C=C/C(=O)c2cccc(C[N+](C)(C)C)c2)cc1.[I-]. The number of carbonyl (C=O) groups excluding carboxylic acids is 1. The number of carbonyl (C=O) groups is 1. The Bertz CT molecular complexity index is 814. The maximum atomic E-state index is 12.6. The Kier molecular flexibility index (Phi) is 12.1. The Labute approximate surface area is 206 Å². The van der Waals surface area contributed by atoms with E-state index in [2.05, 4.69) is 70.2 Å². The van der Waals surface area contributed by atoms with Gasteiger partial charge >= 0.3 is 0 Å². The van der Waals surface area contributed by atoms with Crippen LogP contribution in [0.4, 0.5) is 5.69 Å². The van der Waals surface area contributed by atoms with Gasteiger partial charge in [-0.25, -0.2) is 0 Å². The summed E-state index contributed by atoms with van der Waals surface area (Å²) < 4.78 is 0.841. The van der Waals surface area contributed by atoms with Gasteiger partial charge < -0.3 is 33.4 Å². The summed E-state index contributed by atoms with van der Waals surface area (Å²) in [6.45, 7) is 7.59. The number of rotatable bonds is 12. The Morgan fingerprint density at radius 2 is 1.55 bits per heavy atom. The van der Waals surface area contributed by atoms with Crippen molar-refractivity contribution in [3.8, 4) is 0 Å². The van der Waals surface area contributed by atoms with Gasteiger partial charge in [-0.05, 0) is 42.7 Å². The predicted molar refractivity (Wildman–Crippen MR) is 130 cm³/mol. The molecule has 0 aliphatic carbocycles. The van der Waals surface area contributed by atoms with Crippen LogP contribution in [0.2, 0.25) is 0 Å². The molecule has 0 aliphatic rings. The minimum Gasteiger partial charge on any atom is -1.00 e. The van der Waals surface area contributed by atoms with Crippen LogP contribution in [0.1, 0.15) is 61.0 Å². The monoisotopic (exact) mass is 534 g/mol. The van der Waals surface area contributed by atoms with E-state index in [4.69, 9.17) is 0 Å². The summed E-state index contributed by atoms with van der Waals surface area (Å²) in [7, 11) is 6.47. The molecule has 0 aliphatic heterocycles. The van der Waals surface area contributed by atoms with Crippen LogP contribution in [-0.4, -0.2) is 44.5 Å². The van der Waals surface area contributed by atoms with E-state index < -0.39 is 0 Å². The van der Waals surface area contributed by atoms with E-state index in [1.807, 2.05) is 24.3 Å². The number of nitrogens with zero attached hydrogens (tertiary/aromatic N) is 2. The Balaban J connectivity index is 0.00000480. The third-order valence-corrected chi connectivity index (χ3v) is 5.12. The van der Waals surface area contributed by atoms with Crippen LogP contribution in [0.25, 0.3) is 6.08 Å². The minimum atomic E-state index is 0. The number of ketones is 1. The van der Waals surface area contributed by atoms with Gasteiger partial charge in [-0.2, -0.15) is 0 Å². The van der Waals surface area contributed by atoms with Crippen LogP contribution in [0.15, 0.2) is 54.6 Å². The molecule has 0 heterocycles. The minimum absolute atomic E-state index is 0. The molecule has 0 fully saturated rings. The number of hydrogen-bond donors (Lipinski definition) is 0. The van der Waals surface area contributed by atoms with E-state index >= 15 is 0 Å². The fraction of sp³-hybridized carbons (Fsp3) is 0.444. The molecule has 2 aromatic carbocycles. The van der Waals surface area contributed by atoms with Crippen LogP contribution >= 0.6 is 0 Å². The highest BCUT2D eigenvalue weighted by molar-refractivity contribution is 6.06. The van der Waals surface area contributed by atoms with Crippen LogP contribution < -0.4 is 28.9 Å². The van der Waals surface area contributed by atoms with E-state index in [0.717, 1.165) is 35.2 Å². The smallest absolute Gasteiger partial charge is 0.185 e. The third kappa shape index (κ3) is 10.0. The number of allylic oxidation sites excluding steroid dienone is 1. The lowest BCUT2D eigenvalue weighted by atomic mass is 10.1. The highest BCUT2D eigenvalue weighted by atomic mass is 127. The maximum absolute atomic E-state index is 12.6. The number of anilines is 1. The van der Waals surface area contributed by atoms with Crippen molar-refractivity contribution in [3.05, 3.63) is 71.3 Å². The van der Waals surface area contributed by atoms with Crippen LogP contribution in [-0.2, 0) is 6.54 Å². The van der Waals surface area contributed by atoms with E-state index in [9.17, 15) is 4.79 Å². The second-order valence-corrected chi connectivity index (χ2v) is 9.13. The number of halogens is 1. The molecule has 0 unspecified atom stereocenters. The topological polar surface area (TPSA) is 20.3 Å². The van der Waals surface area contributed by atoms with Crippen molar-refractivity contribution < 1.29 is 33.3 Å². The molecule has 0 atom stereocenters. The van der Waals surface area contributed by atoms with E-state index in [1.165, 1.54) is 36.9 Å². The summed E-state index contributed by atoms with van der Waals surface area (Å²) >= 11 is 0. The lowest BCUT2D eigenvalue weighted by Crippen LogP contribution is -3.00. The average Bonchev–Trinajstić information content (AvgIpc) is 2.71. The molecule has 31 heavy (non-hydrogen) atoms. The highest BCUT2D eigenvalue weighted by Crippen LogP contribution is 2.18. The molecule has 0 N–H and O–H groups in total. The fourth-order valence-electron chi connectivity index (χ4n) is 3.50. The van der Waals surface area contributed by atoms with Crippen LogP contribution in [0.3, 0.4) is 0 Å². The summed E-state index contributed by atoms with van der Waals surface area (Å²) in [6.07, 6.45) is 8.45. The molecular weight excluding hydrogens is 495 g/mol. The summed E-state index contributed by atoms with van der Waals surface area (Å²) in [6, 6.07) is 16.5. The fourth-order valence-corrected chi connectivity index (χ4v) is 3.50. The van der Waals surface area contributed by atoms with Crippen molar-refractivity contribution in [3.63, 3.8) is 0 Å². The molecule has 2 rings (SSSR count). The van der Waals surface area contributed by atoms with E-state index in [-0.39, 0.29) is 29.8 Å². The predicted octanol–water partition coefficient (Wildman–Crippen LogP) is 3.20.